The largest absolute Gasteiger partial charge is 0.467 e. The summed E-state index contributed by atoms with van der Waals surface area (Å²) in [5.41, 5.74) is 0.543. The third kappa shape index (κ3) is 10.2. The summed E-state index contributed by atoms with van der Waals surface area (Å²) in [6, 6.07) is 4.30. The number of rotatable bonds is 12. The van der Waals surface area contributed by atoms with Gasteiger partial charge in [-0.15, -0.1) is 0 Å². The van der Waals surface area contributed by atoms with E-state index in [1.165, 1.54) is 6.92 Å². The van der Waals surface area contributed by atoms with E-state index in [4.69, 9.17) is 37.4 Å². The number of esters is 1. The van der Waals surface area contributed by atoms with Gasteiger partial charge in [0.15, 0.2) is 6.79 Å². The summed E-state index contributed by atoms with van der Waals surface area (Å²) < 4.78 is 16.2. The minimum Gasteiger partial charge on any atom is -0.467 e. The molecular weight excluding hydrogens is 445 g/mol. The molecule has 1 N–H and O–H groups in total. The van der Waals surface area contributed by atoms with Gasteiger partial charge in [-0.05, 0) is 31.0 Å². The van der Waals surface area contributed by atoms with Gasteiger partial charge in [-0.25, -0.2) is 0 Å². The number of benzene rings is 1. The summed E-state index contributed by atoms with van der Waals surface area (Å²) in [5, 5.41) is 3.38. The van der Waals surface area contributed by atoms with E-state index in [2.05, 4.69) is 25.0 Å². The summed E-state index contributed by atoms with van der Waals surface area (Å²) in [4.78, 5) is 24.1. The monoisotopic (exact) mass is 477 g/mol. The first-order chi connectivity index (χ1) is 13.9. The molecule has 0 saturated carbocycles. The van der Waals surface area contributed by atoms with Gasteiger partial charge in [-0.3, -0.25) is 9.59 Å². The molecule has 0 saturated heterocycles. The second kappa shape index (κ2) is 12.5. The topological polar surface area (TPSA) is 73.9 Å². The van der Waals surface area contributed by atoms with Crippen LogP contribution in [-0.4, -0.2) is 40.0 Å². The Kier molecular flexibility index (Phi) is 11.2. The fraction of sp³-hybridized carbons (Fsp3) is 0.619. The molecule has 1 atom stereocenters. The summed E-state index contributed by atoms with van der Waals surface area (Å²) in [7, 11) is -1.14. The molecule has 1 aromatic carbocycles. The van der Waals surface area contributed by atoms with E-state index in [0.717, 1.165) is 6.04 Å². The van der Waals surface area contributed by atoms with Crippen molar-refractivity contribution in [2.75, 3.05) is 20.0 Å². The highest BCUT2D eigenvalue weighted by Crippen LogP contribution is 2.30. The van der Waals surface area contributed by atoms with Gasteiger partial charge in [0.2, 0.25) is 5.91 Å². The molecule has 0 fully saturated rings. The highest BCUT2D eigenvalue weighted by atomic mass is 35.5. The Morgan fingerprint density at radius 1 is 1.10 bits per heavy atom. The molecule has 9 heteroatoms. The Bertz CT molecular complexity index is 699. The maximum absolute atomic E-state index is 12.2. The average molecular weight is 478 g/mol. The van der Waals surface area contributed by atoms with Crippen molar-refractivity contribution in [2.45, 2.75) is 53.0 Å². The summed E-state index contributed by atoms with van der Waals surface area (Å²) in [6.45, 7) is 13.3. The number of amides is 1. The van der Waals surface area contributed by atoms with E-state index >= 15 is 0 Å². The van der Waals surface area contributed by atoms with E-state index in [1.807, 2.05) is 13.8 Å². The molecule has 0 bridgehead atoms. The quantitative estimate of drug-likeness (QED) is 0.148. The van der Waals surface area contributed by atoms with Gasteiger partial charge in [0.1, 0.15) is 11.7 Å². The first-order valence-corrected chi connectivity index (χ1v) is 14.5. The van der Waals surface area contributed by atoms with Gasteiger partial charge in [-0.2, -0.15) is 0 Å². The smallest absolute Gasteiger partial charge is 0.318 e. The lowest BCUT2D eigenvalue weighted by atomic mass is 10.1. The molecule has 170 valence electrons. The first kappa shape index (κ1) is 26.8. The van der Waals surface area contributed by atoms with Crippen molar-refractivity contribution < 1.29 is 23.8 Å². The van der Waals surface area contributed by atoms with Crippen LogP contribution >= 0.6 is 23.2 Å². The Labute approximate surface area is 190 Å². The lowest BCUT2D eigenvalue weighted by Crippen LogP contribution is -2.34. The fourth-order valence-corrected chi connectivity index (χ4v) is 3.55. The van der Waals surface area contributed by atoms with Gasteiger partial charge in [0, 0.05) is 26.8 Å². The zero-order valence-corrected chi connectivity index (χ0v) is 21.2. The lowest BCUT2D eigenvalue weighted by Gasteiger charge is -2.16. The molecule has 1 amide bonds. The van der Waals surface area contributed by atoms with Crippen molar-refractivity contribution in [3.05, 3.63) is 27.7 Å². The Morgan fingerprint density at radius 2 is 1.70 bits per heavy atom. The fourth-order valence-electron chi connectivity index (χ4n) is 2.19. The summed E-state index contributed by atoms with van der Waals surface area (Å²) in [6.07, 6.45) is 0. The zero-order valence-electron chi connectivity index (χ0n) is 18.6. The van der Waals surface area contributed by atoms with E-state index in [0.29, 0.717) is 28.0 Å². The van der Waals surface area contributed by atoms with E-state index in [-0.39, 0.29) is 25.9 Å². The molecule has 0 radical (unpaired) electrons. The average Bonchev–Trinajstić information content (AvgIpc) is 2.63. The second-order valence-electron chi connectivity index (χ2n) is 8.81. The van der Waals surface area contributed by atoms with E-state index < -0.39 is 25.9 Å². The first-order valence-electron chi connectivity index (χ1n) is 10.0. The van der Waals surface area contributed by atoms with Crippen molar-refractivity contribution in [3.63, 3.8) is 0 Å². The number of ether oxygens (including phenoxy) is 3. The maximum atomic E-state index is 12.2. The van der Waals surface area contributed by atoms with Crippen LogP contribution in [0.25, 0.3) is 0 Å². The molecule has 6 nitrogen and oxygen atoms in total. The number of halogens is 2. The predicted octanol–water partition coefficient (Wildman–Crippen LogP) is 5.14. The molecule has 1 rings (SSSR count). The Hall–Kier alpha value is -1.28. The minimum atomic E-state index is -1.14. The molecule has 1 aromatic rings. The number of nitrogens with one attached hydrogen (secondary N) is 1. The van der Waals surface area contributed by atoms with Crippen molar-refractivity contribution in [1.82, 2.24) is 5.32 Å². The van der Waals surface area contributed by atoms with Crippen molar-refractivity contribution in [3.8, 4) is 5.75 Å². The van der Waals surface area contributed by atoms with Crippen LogP contribution in [-0.2, 0) is 25.6 Å². The van der Waals surface area contributed by atoms with Crippen molar-refractivity contribution in [2.24, 2.45) is 11.8 Å². The zero-order chi connectivity index (χ0) is 22.9. The summed E-state index contributed by atoms with van der Waals surface area (Å²) >= 11 is 12.6. The van der Waals surface area contributed by atoms with Gasteiger partial charge in [0.25, 0.3) is 0 Å². The highest BCUT2D eigenvalue weighted by molar-refractivity contribution is 6.76. The molecule has 0 aliphatic rings. The predicted molar refractivity (Wildman–Crippen MR) is 123 cm³/mol. The lowest BCUT2D eigenvalue weighted by molar-refractivity contribution is -0.152. The van der Waals surface area contributed by atoms with Crippen LogP contribution < -0.4 is 10.1 Å². The van der Waals surface area contributed by atoms with Crippen LogP contribution in [0.1, 0.15) is 26.3 Å². The van der Waals surface area contributed by atoms with Gasteiger partial charge in [-0.1, -0.05) is 56.7 Å². The third-order valence-corrected chi connectivity index (χ3v) is 6.54. The molecule has 0 unspecified atom stereocenters. The van der Waals surface area contributed by atoms with Crippen molar-refractivity contribution >= 4 is 43.2 Å². The molecular formula is C21H33Cl2NO5Si. The number of hydrogen-bond donors (Lipinski definition) is 1. The van der Waals surface area contributed by atoms with Crippen LogP contribution in [0.15, 0.2) is 12.1 Å². The van der Waals surface area contributed by atoms with Crippen LogP contribution in [0, 0.1) is 11.8 Å². The number of carbonyl (C=O) groups excluding carboxylic acids is 2. The van der Waals surface area contributed by atoms with Gasteiger partial charge < -0.3 is 19.5 Å². The SMILES string of the molecule is CC(C)COC(=O)[C@H](C)C(=O)NCc1c(Cl)cc(OCOCC[Si](C)(C)C)cc1Cl. The second-order valence-corrected chi connectivity index (χ2v) is 15.2. The standard InChI is InChI=1S/C21H33Cl2NO5Si/c1-14(2)12-28-21(26)15(3)20(25)24-11-17-18(22)9-16(10-19(17)23)29-13-27-7-8-30(4,5)6/h9-10,14-15H,7-8,11-13H2,1-6H3,(H,24,25)/t15-/m1/s1. The normalized spacial score (nSPS) is 12.6. The highest BCUT2D eigenvalue weighted by Gasteiger charge is 2.23. The molecule has 0 spiro atoms. The molecule has 0 aromatic heterocycles. The van der Waals surface area contributed by atoms with Crippen LogP contribution in [0.3, 0.4) is 0 Å². The molecule has 0 aliphatic carbocycles. The van der Waals surface area contributed by atoms with Crippen LogP contribution in [0.2, 0.25) is 35.7 Å². The Balaban J connectivity index is 2.55. The van der Waals surface area contributed by atoms with Crippen LogP contribution in [0.4, 0.5) is 0 Å². The molecule has 30 heavy (non-hydrogen) atoms. The summed E-state index contributed by atoms with van der Waals surface area (Å²) in [5.74, 6) is -1.24. The van der Waals surface area contributed by atoms with E-state index in [9.17, 15) is 9.59 Å². The van der Waals surface area contributed by atoms with Gasteiger partial charge in [0.05, 0.1) is 16.7 Å². The molecule has 0 heterocycles. The van der Waals surface area contributed by atoms with E-state index in [1.54, 1.807) is 12.1 Å². The van der Waals surface area contributed by atoms with Crippen molar-refractivity contribution in [1.29, 1.82) is 0 Å². The molecule has 0 aliphatic heterocycles. The van der Waals surface area contributed by atoms with Gasteiger partial charge >= 0.3 is 5.97 Å². The third-order valence-electron chi connectivity index (χ3n) is 4.17. The number of hydrogen-bond acceptors (Lipinski definition) is 5. The maximum Gasteiger partial charge on any atom is 0.318 e. The van der Waals surface area contributed by atoms with Crippen LogP contribution in [0.5, 0.6) is 5.75 Å². The number of carbonyl (C=O) groups is 2. The minimum absolute atomic E-state index is 0.0886. The Morgan fingerprint density at radius 3 is 2.23 bits per heavy atom.